The number of nitrogens with two attached hydrogens (primary N) is 1. The average Bonchev–Trinajstić information content (AvgIpc) is 3.45. The summed E-state index contributed by atoms with van der Waals surface area (Å²) < 4.78 is 128. The number of hydrogen-bond acceptors (Lipinski definition) is 8. The summed E-state index contributed by atoms with van der Waals surface area (Å²) in [5.74, 6) is -1.72. The molecule has 10 nitrogen and oxygen atoms in total. The van der Waals surface area contributed by atoms with Crippen molar-refractivity contribution in [2.45, 2.75) is 61.8 Å². The smallest absolute Gasteiger partial charge is 0.357 e. The van der Waals surface area contributed by atoms with Crippen LogP contribution in [0, 0.1) is 18.6 Å². The molecule has 230 valence electrons. The molecule has 0 unspecified atom stereocenters. The molecule has 0 saturated carbocycles. The van der Waals surface area contributed by atoms with Crippen LogP contribution in [0.2, 0.25) is 0 Å². The molecule has 42 heavy (non-hydrogen) atoms. The fraction of sp³-hybridized carbons (Fsp3) is 0.400. The molecule has 0 bridgehead atoms. The number of benzene rings is 2. The Morgan fingerprint density at radius 1 is 1.05 bits per heavy atom. The van der Waals surface area contributed by atoms with Crippen LogP contribution in [0.5, 0.6) is 0 Å². The maximum absolute atomic E-state index is 14.2. The Labute approximate surface area is 238 Å². The van der Waals surface area contributed by atoms with E-state index in [-0.39, 0.29) is 30.0 Å². The zero-order valence-corrected chi connectivity index (χ0v) is 23.8. The minimum Gasteiger partial charge on any atom is -0.357 e. The summed E-state index contributed by atoms with van der Waals surface area (Å²) >= 11 is 0. The predicted molar refractivity (Wildman–Crippen MR) is 139 cm³/mol. The van der Waals surface area contributed by atoms with E-state index in [1.165, 1.54) is 23.2 Å². The van der Waals surface area contributed by atoms with Crippen LogP contribution in [0.4, 0.5) is 22.0 Å². The van der Waals surface area contributed by atoms with Gasteiger partial charge < -0.3 is 10.5 Å². The lowest BCUT2D eigenvalue weighted by Crippen LogP contribution is -2.58. The molecule has 0 radical (unpaired) electrons. The fourth-order valence-corrected chi connectivity index (χ4v) is 5.86. The molecule has 1 fully saturated rings. The second-order valence-corrected chi connectivity index (χ2v) is 13.3. The van der Waals surface area contributed by atoms with E-state index in [1.54, 1.807) is 12.1 Å². The van der Waals surface area contributed by atoms with Crippen molar-refractivity contribution in [3.05, 3.63) is 82.7 Å². The SMILES string of the molecule is CS(=O)(=O)n1cc2c(n1)CN([C@@H]1C[C@H](N)[C@@H](c3cc(F)ccc3F)O[C@@H]1C(F)(F)F)C2.Cc1ccc(S(=O)(=O)O)cc1. The number of hydrogen-bond donors (Lipinski definition) is 2. The third-order valence-electron chi connectivity index (χ3n) is 6.84. The van der Waals surface area contributed by atoms with Crippen LogP contribution in [-0.2, 0) is 38.0 Å². The van der Waals surface area contributed by atoms with E-state index in [1.807, 2.05) is 6.92 Å². The van der Waals surface area contributed by atoms with E-state index >= 15 is 0 Å². The van der Waals surface area contributed by atoms with Crippen LogP contribution in [0.25, 0.3) is 0 Å². The van der Waals surface area contributed by atoms with E-state index in [0.717, 1.165) is 34.1 Å². The molecule has 0 spiro atoms. The third-order valence-corrected chi connectivity index (χ3v) is 8.58. The molecule has 5 rings (SSSR count). The molecule has 2 aromatic carbocycles. The first-order chi connectivity index (χ1) is 19.3. The average molecular weight is 639 g/mol. The van der Waals surface area contributed by atoms with Crippen molar-refractivity contribution >= 4 is 20.1 Å². The Balaban J connectivity index is 0.000000310. The van der Waals surface area contributed by atoms with Gasteiger partial charge in [0.15, 0.2) is 6.10 Å². The first-order valence-electron chi connectivity index (χ1n) is 12.3. The standard InChI is InChI=1S/C18H19F5N4O3S.C7H8O3S/c1-31(28,29)27-7-9-6-26(8-14(9)25-27)15-5-13(24)16(30-17(15)18(21,22)23)11-4-10(19)2-3-12(11)20;1-6-2-4-7(5-3-6)11(8,9)10/h2-4,7,13,15-17H,5-6,8,24H2,1H3;2-5H,1H3,(H,8,9,10)/t13-,15+,16+,17-;/m0./s1. The molecular formula is C25H27F5N4O6S2. The summed E-state index contributed by atoms with van der Waals surface area (Å²) in [7, 11) is -7.63. The Bertz CT molecular complexity index is 1640. The molecule has 3 N–H and O–H groups in total. The summed E-state index contributed by atoms with van der Waals surface area (Å²) in [4.78, 5) is 1.39. The highest BCUT2D eigenvalue weighted by atomic mass is 32.2. The minimum atomic E-state index is -4.79. The number of alkyl halides is 3. The second kappa shape index (κ2) is 11.6. The van der Waals surface area contributed by atoms with E-state index in [4.69, 9.17) is 15.0 Å². The molecule has 3 heterocycles. The molecule has 3 aromatic rings. The highest BCUT2D eigenvalue weighted by Crippen LogP contribution is 2.42. The van der Waals surface area contributed by atoms with Gasteiger partial charge >= 0.3 is 6.18 Å². The van der Waals surface area contributed by atoms with Crippen molar-refractivity contribution in [2.24, 2.45) is 5.73 Å². The van der Waals surface area contributed by atoms with Crippen LogP contribution in [-0.4, -0.2) is 66.1 Å². The summed E-state index contributed by atoms with van der Waals surface area (Å²) in [6.45, 7) is 1.84. The van der Waals surface area contributed by atoms with Crippen molar-refractivity contribution in [3.63, 3.8) is 0 Å². The number of fused-ring (bicyclic) bond motifs is 1. The molecule has 17 heteroatoms. The summed E-state index contributed by atoms with van der Waals surface area (Å²) in [5.41, 5.74) is 7.47. The highest BCUT2D eigenvalue weighted by Gasteiger charge is 2.54. The zero-order valence-electron chi connectivity index (χ0n) is 22.2. The van der Waals surface area contributed by atoms with E-state index in [2.05, 4.69) is 5.10 Å². The van der Waals surface area contributed by atoms with Crippen molar-refractivity contribution in [3.8, 4) is 0 Å². The summed E-state index contributed by atoms with van der Waals surface area (Å²) in [5, 5.41) is 3.94. The lowest BCUT2D eigenvalue weighted by molar-refractivity contribution is -0.269. The van der Waals surface area contributed by atoms with Crippen LogP contribution in [0.15, 0.2) is 53.6 Å². The van der Waals surface area contributed by atoms with Gasteiger partial charge in [-0.05, 0) is 43.7 Å². The Morgan fingerprint density at radius 2 is 1.69 bits per heavy atom. The van der Waals surface area contributed by atoms with Crippen LogP contribution in [0.1, 0.15) is 34.9 Å². The lowest BCUT2D eigenvalue weighted by atomic mass is 9.89. The monoisotopic (exact) mass is 638 g/mol. The Morgan fingerprint density at radius 3 is 2.24 bits per heavy atom. The van der Waals surface area contributed by atoms with Crippen LogP contribution in [0.3, 0.4) is 0 Å². The highest BCUT2D eigenvalue weighted by molar-refractivity contribution is 7.89. The quantitative estimate of drug-likeness (QED) is 0.325. The third kappa shape index (κ3) is 7.15. The molecule has 0 amide bonds. The predicted octanol–water partition coefficient (Wildman–Crippen LogP) is 3.31. The topological polar surface area (TPSA) is 145 Å². The molecule has 2 aliphatic heterocycles. The second-order valence-electron chi connectivity index (χ2n) is 10.1. The molecule has 4 atom stereocenters. The number of nitrogens with zero attached hydrogens (tertiary/aromatic N) is 3. The largest absolute Gasteiger partial charge is 0.416 e. The van der Waals surface area contributed by atoms with Gasteiger partial charge in [0.25, 0.3) is 20.1 Å². The fourth-order valence-electron chi connectivity index (χ4n) is 4.81. The molecular weight excluding hydrogens is 611 g/mol. The summed E-state index contributed by atoms with van der Waals surface area (Å²) in [6, 6.07) is 6.21. The normalized spacial score (nSPS) is 23.3. The first kappa shape index (κ1) is 32.0. The van der Waals surface area contributed by atoms with Crippen LogP contribution < -0.4 is 5.73 Å². The molecule has 2 aliphatic rings. The van der Waals surface area contributed by atoms with Gasteiger partial charge in [-0.1, -0.05) is 17.7 Å². The van der Waals surface area contributed by atoms with Crippen molar-refractivity contribution < 1.29 is 48.1 Å². The number of aromatic nitrogens is 2. The van der Waals surface area contributed by atoms with E-state index in [9.17, 15) is 38.8 Å². The van der Waals surface area contributed by atoms with E-state index < -0.39 is 62.2 Å². The van der Waals surface area contributed by atoms with Gasteiger partial charge in [0.1, 0.15) is 17.7 Å². The number of ether oxygens (including phenoxy) is 1. The van der Waals surface area contributed by atoms with Gasteiger partial charge in [0, 0.05) is 42.5 Å². The lowest BCUT2D eigenvalue weighted by Gasteiger charge is -2.44. The number of halogens is 5. The Kier molecular flexibility index (Phi) is 8.84. The van der Waals surface area contributed by atoms with E-state index in [0.29, 0.717) is 11.3 Å². The molecule has 1 saturated heterocycles. The maximum atomic E-state index is 14.2. The van der Waals surface area contributed by atoms with Gasteiger partial charge in [0.2, 0.25) is 0 Å². The number of rotatable bonds is 4. The van der Waals surface area contributed by atoms with Crippen molar-refractivity contribution in [1.82, 2.24) is 14.1 Å². The zero-order chi connectivity index (χ0) is 31.2. The Hall–Kier alpha value is -2.96. The van der Waals surface area contributed by atoms with Gasteiger partial charge in [-0.15, -0.1) is 0 Å². The molecule has 1 aromatic heterocycles. The van der Waals surface area contributed by atoms with Gasteiger partial charge in [-0.25, -0.2) is 17.2 Å². The first-order valence-corrected chi connectivity index (χ1v) is 15.6. The van der Waals surface area contributed by atoms with Crippen molar-refractivity contribution in [1.29, 1.82) is 0 Å². The number of aryl methyl sites for hydroxylation is 1. The minimum absolute atomic E-state index is 0.0236. The van der Waals surface area contributed by atoms with Gasteiger partial charge in [0.05, 0.1) is 16.8 Å². The maximum Gasteiger partial charge on any atom is 0.416 e. The van der Waals surface area contributed by atoms with Crippen LogP contribution >= 0.6 is 0 Å². The molecule has 0 aliphatic carbocycles. The van der Waals surface area contributed by atoms with Crippen molar-refractivity contribution in [2.75, 3.05) is 6.26 Å². The van der Waals surface area contributed by atoms with Gasteiger partial charge in [-0.3, -0.25) is 9.45 Å². The van der Waals surface area contributed by atoms with Gasteiger partial charge in [-0.2, -0.15) is 30.8 Å². The summed E-state index contributed by atoms with van der Waals surface area (Å²) in [6.07, 6.45) is -6.53.